The van der Waals surface area contributed by atoms with E-state index < -0.39 is 10.1 Å². The first-order valence-corrected chi connectivity index (χ1v) is 5.46. The fourth-order valence-corrected chi connectivity index (χ4v) is 2.20. The molecule has 14 heavy (non-hydrogen) atoms. The molecular formula is C9H9NO3S. The van der Waals surface area contributed by atoms with E-state index in [1.165, 1.54) is 6.07 Å². The van der Waals surface area contributed by atoms with Crippen molar-refractivity contribution in [3.05, 3.63) is 30.5 Å². The molecule has 1 aromatic heterocycles. The summed E-state index contributed by atoms with van der Waals surface area (Å²) in [4.78, 5) is -0.0457. The van der Waals surface area contributed by atoms with Gasteiger partial charge in [0.05, 0.1) is 0 Å². The van der Waals surface area contributed by atoms with Crippen LogP contribution >= 0.6 is 0 Å². The van der Waals surface area contributed by atoms with Crippen LogP contribution < -0.4 is 0 Å². The monoisotopic (exact) mass is 211 g/mol. The van der Waals surface area contributed by atoms with Gasteiger partial charge in [0.15, 0.2) is 0 Å². The highest BCUT2D eigenvalue weighted by Gasteiger charge is 2.14. The van der Waals surface area contributed by atoms with Crippen LogP contribution in [-0.4, -0.2) is 17.5 Å². The van der Waals surface area contributed by atoms with Crippen molar-refractivity contribution in [3.8, 4) is 0 Å². The van der Waals surface area contributed by atoms with Gasteiger partial charge in [0, 0.05) is 24.1 Å². The minimum absolute atomic E-state index is 0.0457. The van der Waals surface area contributed by atoms with Gasteiger partial charge < -0.3 is 4.57 Å². The average Bonchev–Trinajstić information content (AvgIpc) is 2.46. The van der Waals surface area contributed by atoms with E-state index in [1.54, 1.807) is 29.0 Å². The molecule has 0 aliphatic carbocycles. The van der Waals surface area contributed by atoms with Crippen LogP contribution in [0.1, 0.15) is 0 Å². The summed E-state index contributed by atoms with van der Waals surface area (Å²) in [7, 11) is -2.31. The molecular weight excluding hydrogens is 202 g/mol. The van der Waals surface area contributed by atoms with Gasteiger partial charge in [0.1, 0.15) is 4.90 Å². The number of nitrogens with zero attached hydrogens (tertiary/aromatic N) is 1. The molecule has 1 aromatic carbocycles. The lowest BCUT2D eigenvalue weighted by atomic mass is 10.2. The maximum absolute atomic E-state index is 11.0. The number of rotatable bonds is 1. The van der Waals surface area contributed by atoms with Crippen LogP contribution in [0.5, 0.6) is 0 Å². The molecule has 2 aromatic rings. The maximum Gasteiger partial charge on any atom is 0.295 e. The van der Waals surface area contributed by atoms with Crippen LogP contribution in [0.4, 0.5) is 0 Å². The Morgan fingerprint density at radius 2 is 2.00 bits per heavy atom. The molecule has 1 heterocycles. The van der Waals surface area contributed by atoms with Crippen LogP contribution in [0.15, 0.2) is 35.4 Å². The molecule has 0 bridgehead atoms. The van der Waals surface area contributed by atoms with Crippen LogP contribution in [0, 0.1) is 0 Å². The Bertz CT molecular complexity index is 583. The number of hydrogen-bond acceptors (Lipinski definition) is 2. The van der Waals surface area contributed by atoms with E-state index in [0.29, 0.717) is 5.39 Å². The SMILES string of the molecule is Cn1ccc2c(S(=O)(=O)O)cccc21. The van der Waals surface area contributed by atoms with E-state index in [1.807, 2.05) is 7.05 Å². The minimum Gasteiger partial charge on any atom is -0.351 e. The van der Waals surface area contributed by atoms with Gasteiger partial charge in [-0.2, -0.15) is 8.42 Å². The van der Waals surface area contributed by atoms with Crippen molar-refractivity contribution in [2.75, 3.05) is 0 Å². The number of fused-ring (bicyclic) bond motifs is 1. The zero-order chi connectivity index (χ0) is 10.3. The van der Waals surface area contributed by atoms with E-state index in [2.05, 4.69) is 0 Å². The lowest BCUT2D eigenvalue weighted by Gasteiger charge is -2.00. The van der Waals surface area contributed by atoms with Crippen molar-refractivity contribution < 1.29 is 13.0 Å². The molecule has 0 saturated carbocycles. The zero-order valence-corrected chi connectivity index (χ0v) is 8.32. The first-order valence-electron chi connectivity index (χ1n) is 4.02. The molecule has 4 nitrogen and oxygen atoms in total. The quantitative estimate of drug-likeness (QED) is 0.726. The molecule has 0 amide bonds. The normalized spacial score (nSPS) is 12.1. The lowest BCUT2D eigenvalue weighted by Crippen LogP contribution is -1.98. The van der Waals surface area contributed by atoms with Gasteiger partial charge in [-0.15, -0.1) is 0 Å². The topological polar surface area (TPSA) is 59.3 Å². The van der Waals surface area contributed by atoms with Crippen molar-refractivity contribution >= 4 is 21.0 Å². The Morgan fingerprint density at radius 1 is 1.29 bits per heavy atom. The smallest absolute Gasteiger partial charge is 0.295 e. The molecule has 0 radical (unpaired) electrons. The zero-order valence-electron chi connectivity index (χ0n) is 7.51. The summed E-state index contributed by atoms with van der Waals surface area (Å²) in [5.74, 6) is 0. The Morgan fingerprint density at radius 3 is 2.64 bits per heavy atom. The Kier molecular flexibility index (Phi) is 1.87. The highest BCUT2D eigenvalue weighted by molar-refractivity contribution is 7.86. The third kappa shape index (κ3) is 1.30. The Hall–Kier alpha value is -1.33. The fourth-order valence-electron chi connectivity index (χ4n) is 1.50. The number of aryl methyl sites for hydroxylation is 1. The highest BCUT2D eigenvalue weighted by Crippen LogP contribution is 2.22. The van der Waals surface area contributed by atoms with Gasteiger partial charge in [-0.1, -0.05) is 6.07 Å². The first-order chi connectivity index (χ1) is 6.50. The number of hydrogen-bond donors (Lipinski definition) is 1. The molecule has 0 unspecified atom stereocenters. The molecule has 0 atom stereocenters. The van der Waals surface area contributed by atoms with Gasteiger partial charge in [-0.05, 0) is 18.2 Å². The predicted molar refractivity (Wildman–Crippen MR) is 52.7 cm³/mol. The molecule has 5 heteroatoms. The second-order valence-corrected chi connectivity index (χ2v) is 4.48. The Balaban J connectivity index is 2.92. The van der Waals surface area contributed by atoms with Crippen LogP contribution in [0.3, 0.4) is 0 Å². The van der Waals surface area contributed by atoms with E-state index in [9.17, 15) is 8.42 Å². The molecule has 0 aliphatic rings. The third-order valence-electron chi connectivity index (χ3n) is 2.17. The molecule has 74 valence electrons. The third-order valence-corrected chi connectivity index (χ3v) is 3.08. The predicted octanol–water partition coefficient (Wildman–Crippen LogP) is 1.43. The van der Waals surface area contributed by atoms with Crippen LogP contribution in [0.25, 0.3) is 10.9 Å². The van der Waals surface area contributed by atoms with Gasteiger partial charge in [0.25, 0.3) is 10.1 Å². The van der Waals surface area contributed by atoms with E-state index in [0.717, 1.165) is 5.52 Å². The highest BCUT2D eigenvalue weighted by atomic mass is 32.2. The van der Waals surface area contributed by atoms with E-state index in [4.69, 9.17) is 4.55 Å². The van der Waals surface area contributed by atoms with Gasteiger partial charge in [-0.25, -0.2) is 0 Å². The number of aromatic nitrogens is 1. The van der Waals surface area contributed by atoms with E-state index >= 15 is 0 Å². The molecule has 1 N–H and O–H groups in total. The second-order valence-electron chi connectivity index (χ2n) is 3.09. The van der Waals surface area contributed by atoms with Crippen molar-refractivity contribution in [1.29, 1.82) is 0 Å². The summed E-state index contributed by atoms with van der Waals surface area (Å²) < 4.78 is 32.8. The summed E-state index contributed by atoms with van der Waals surface area (Å²) in [6, 6.07) is 6.45. The molecule has 2 rings (SSSR count). The summed E-state index contributed by atoms with van der Waals surface area (Å²) in [6.45, 7) is 0. The second kappa shape index (κ2) is 2.83. The lowest BCUT2D eigenvalue weighted by molar-refractivity contribution is 0.484. The molecule has 0 fully saturated rings. The standard InChI is InChI=1S/C9H9NO3S/c1-10-6-5-7-8(10)3-2-4-9(7)14(11,12)13/h2-6H,1H3,(H,11,12,13). The van der Waals surface area contributed by atoms with Crippen molar-refractivity contribution in [2.24, 2.45) is 7.05 Å². The maximum atomic E-state index is 11.0. The van der Waals surface area contributed by atoms with Gasteiger partial charge >= 0.3 is 0 Å². The van der Waals surface area contributed by atoms with Gasteiger partial charge in [0.2, 0.25) is 0 Å². The van der Waals surface area contributed by atoms with Crippen LogP contribution in [-0.2, 0) is 17.2 Å². The van der Waals surface area contributed by atoms with Crippen LogP contribution in [0.2, 0.25) is 0 Å². The Labute approximate surface area is 81.5 Å². The average molecular weight is 211 g/mol. The summed E-state index contributed by atoms with van der Waals surface area (Å²) >= 11 is 0. The largest absolute Gasteiger partial charge is 0.351 e. The van der Waals surface area contributed by atoms with E-state index in [-0.39, 0.29) is 4.90 Å². The minimum atomic E-state index is -4.13. The van der Waals surface area contributed by atoms with Crippen molar-refractivity contribution in [2.45, 2.75) is 4.90 Å². The van der Waals surface area contributed by atoms with Gasteiger partial charge in [-0.3, -0.25) is 4.55 Å². The van der Waals surface area contributed by atoms with Crippen molar-refractivity contribution in [1.82, 2.24) is 4.57 Å². The summed E-state index contributed by atoms with van der Waals surface area (Å²) in [5, 5.41) is 0.539. The summed E-state index contributed by atoms with van der Waals surface area (Å²) in [6.07, 6.45) is 1.75. The number of benzene rings is 1. The fraction of sp³-hybridized carbons (Fsp3) is 0.111. The molecule has 0 saturated heterocycles. The summed E-state index contributed by atoms with van der Waals surface area (Å²) in [5.41, 5.74) is 0.778. The van der Waals surface area contributed by atoms with Crippen molar-refractivity contribution in [3.63, 3.8) is 0 Å². The molecule has 0 aliphatic heterocycles. The molecule has 0 spiro atoms. The first kappa shape index (κ1) is 9.23.